The van der Waals surface area contributed by atoms with Crippen LogP contribution in [0.2, 0.25) is 0 Å². The van der Waals surface area contributed by atoms with E-state index in [-0.39, 0.29) is 5.41 Å². The number of rotatable bonds is 0. The highest BCUT2D eigenvalue weighted by Gasteiger charge is 2.51. The van der Waals surface area contributed by atoms with E-state index in [9.17, 15) is 0 Å². The van der Waals surface area contributed by atoms with Crippen LogP contribution in [0.25, 0.3) is 44.2 Å². The highest BCUT2D eigenvalue weighted by molar-refractivity contribution is 6.04. The average molecular weight is 484 g/mol. The smallest absolute Gasteiger partial charge is 0.136 e. The molecule has 9 rings (SSSR count). The molecule has 1 spiro atoms. The minimum absolute atomic E-state index is 0.180. The topological polar surface area (TPSA) is 13.1 Å². The van der Waals surface area contributed by atoms with Crippen LogP contribution in [-0.2, 0) is 5.41 Å². The van der Waals surface area contributed by atoms with Gasteiger partial charge >= 0.3 is 0 Å². The van der Waals surface area contributed by atoms with Crippen LogP contribution in [-0.4, -0.2) is 0 Å². The Bertz CT molecular complexity index is 1750. The van der Waals surface area contributed by atoms with Gasteiger partial charge in [-0.2, -0.15) is 0 Å². The van der Waals surface area contributed by atoms with Gasteiger partial charge in [-0.05, 0) is 62.7 Å². The third kappa shape index (κ3) is 2.76. The number of furan rings is 1. The molecule has 2 aliphatic carbocycles. The molecule has 7 aromatic rings. The minimum Gasteiger partial charge on any atom is -0.456 e. The van der Waals surface area contributed by atoms with Crippen LogP contribution < -0.4 is 0 Å². The molecule has 0 unspecified atom stereocenters. The van der Waals surface area contributed by atoms with Gasteiger partial charge in [0.25, 0.3) is 0 Å². The molecule has 177 valence electrons. The largest absolute Gasteiger partial charge is 0.456 e. The highest BCUT2D eigenvalue weighted by Crippen LogP contribution is 2.62. The number of hydrogen-bond donors (Lipinski definition) is 0. The van der Waals surface area contributed by atoms with Crippen LogP contribution in [0.15, 0.2) is 144 Å². The molecular formula is C37H23O. The second kappa shape index (κ2) is 8.06. The van der Waals surface area contributed by atoms with Crippen molar-refractivity contribution in [3.63, 3.8) is 0 Å². The lowest BCUT2D eigenvalue weighted by atomic mass is 9.70. The van der Waals surface area contributed by atoms with Crippen molar-refractivity contribution in [3.8, 4) is 22.3 Å². The second-order valence-corrected chi connectivity index (χ2v) is 9.94. The summed E-state index contributed by atoms with van der Waals surface area (Å²) >= 11 is 0. The summed E-state index contributed by atoms with van der Waals surface area (Å²) < 4.78 is 5.62. The predicted octanol–water partition coefficient (Wildman–Crippen LogP) is 9.42. The minimum atomic E-state index is -0.180. The summed E-state index contributed by atoms with van der Waals surface area (Å²) in [7, 11) is 0. The molecule has 1 heterocycles. The summed E-state index contributed by atoms with van der Waals surface area (Å²) in [5.74, 6) is 0. The summed E-state index contributed by atoms with van der Waals surface area (Å²) in [6.07, 6.45) is 0. The Morgan fingerprint density at radius 2 is 0.842 bits per heavy atom. The lowest BCUT2D eigenvalue weighted by Crippen LogP contribution is -2.25. The predicted molar refractivity (Wildman–Crippen MR) is 155 cm³/mol. The van der Waals surface area contributed by atoms with Crippen LogP contribution >= 0.6 is 0 Å². The van der Waals surface area contributed by atoms with E-state index in [1.54, 1.807) is 0 Å². The SMILES string of the molecule is [c]1cccc2oc3ccccc3c12.c1ccc2c(c1)-c1ccccc1C21c2ccccc2-c2ccccc21. The molecule has 2 aliphatic rings. The Balaban J connectivity index is 0.000000145. The fraction of sp³-hybridized carbons (Fsp3) is 0.0270. The Morgan fingerprint density at radius 3 is 1.37 bits per heavy atom. The van der Waals surface area contributed by atoms with E-state index in [0.29, 0.717) is 0 Å². The molecule has 6 aromatic carbocycles. The maximum absolute atomic E-state index is 5.62. The Hall–Kier alpha value is -4.88. The van der Waals surface area contributed by atoms with Crippen molar-refractivity contribution in [2.75, 3.05) is 0 Å². The molecule has 1 radical (unpaired) electrons. The van der Waals surface area contributed by atoms with Gasteiger partial charge in [0.15, 0.2) is 0 Å². The van der Waals surface area contributed by atoms with E-state index in [4.69, 9.17) is 4.42 Å². The lowest BCUT2D eigenvalue weighted by Gasteiger charge is -2.30. The van der Waals surface area contributed by atoms with Crippen molar-refractivity contribution in [1.29, 1.82) is 0 Å². The Labute approximate surface area is 221 Å². The monoisotopic (exact) mass is 483 g/mol. The van der Waals surface area contributed by atoms with E-state index in [1.807, 2.05) is 36.4 Å². The zero-order chi connectivity index (χ0) is 25.1. The summed E-state index contributed by atoms with van der Waals surface area (Å²) in [5.41, 5.74) is 12.8. The van der Waals surface area contributed by atoms with E-state index < -0.39 is 0 Å². The highest BCUT2D eigenvalue weighted by atomic mass is 16.3. The molecule has 0 fully saturated rings. The molecular weight excluding hydrogens is 460 g/mol. The Morgan fingerprint density at radius 1 is 0.421 bits per heavy atom. The van der Waals surface area contributed by atoms with Gasteiger partial charge in [0.2, 0.25) is 0 Å². The molecule has 38 heavy (non-hydrogen) atoms. The molecule has 1 nitrogen and oxygen atoms in total. The number of fused-ring (bicyclic) bond motifs is 13. The zero-order valence-electron chi connectivity index (χ0n) is 20.7. The van der Waals surface area contributed by atoms with Crippen LogP contribution in [0.3, 0.4) is 0 Å². The van der Waals surface area contributed by atoms with Gasteiger partial charge in [-0.3, -0.25) is 0 Å². The number of para-hydroxylation sites is 1. The van der Waals surface area contributed by atoms with Gasteiger partial charge in [0.05, 0.1) is 5.41 Å². The van der Waals surface area contributed by atoms with E-state index >= 15 is 0 Å². The standard InChI is InChI=1S/C25H16.C12H7O/c1-5-13-21-17(9-1)18-10-2-6-14-22(18)25(21)23-15-7-3-11-19(23)20-12-4-8-16-24(20)25;1-3-7-11-9(5-1)10-6-2-4-8-12(10)13-11/h1-16H;1-5,7-8H. The van der Waals surface area contributed by atoms with Crippen molar-refractivity contribution in [3.05, 3.63) is 168 Å². The average Bonchev–Trinajstić information content (AvgIpc) is 3.62. The molecule has 0 aliphatic heterocycles. The maximum Gasteiger partial charge on any atom is 0.136 e. The van der Waals surface area contributed by atoms with Crippen LogP contribution in [0, 0.1) is 6.07 Å². The first-order chi connectivity index (χ1) is 18.9. The first kappa shape index (κ1) is 21.2. The van der Waals surface area contributed by atoms with Crippen molar-refractivity contribution in [2.45, 2.75) is 5.41 Å². The molecule has 1 aromatic heterocycles. The summed E-state index contributed by atoms with van der Waals surface area (Å²) in [6, 6.07) is 52.7. The molecule has 0 atom stereocenters. The number of benzene rings is 6. The third-order valence-electron chi connectivity index (χ3n) is 8.10. The van der Waals surface area contributed by atoms with E-state index in [2.05, 4.69) is 109 Å². The van der Waals surface area contributed by atoms with Crippen LogP contribution in [0.5, 0.6) is 0 Å². The van der Waals surface area contributed by atoms with Crippen molar-refractivity contribution in [2.24, 2.45) is 0 Å². The quantitative estimate of drug-likeness (QED) is 0.209. The lowest BCUT2D eigenvalue weighted by molar-refractivity contribution is 0.669. The summed E-state index contributed by atoms with van der Waals surface area (Å²) in [6.45, 7) is 0. The van der Waals surface area contributed by atoms with Gasteiger partial charge in [0.1, 0.15) is 11.2 Å². The van der Waals surface area contributed by atoms with Crippen molar-refractivity contribution >= 4 is 21.9 Å². The normalized spacial score (nSPS) is 13.5. The van der Waals surface area contributed by atoms with Gasteiger partial charge in [-0.1, -0.05) is 127 Å². The van der Waals surface area contributed by atoms with Gasteiger partial charge < -0.3 is 4.42 Å². The van der Waals surface area contributed by atoms with Crippen molar-refractivity contribution in [1.82, 2.24) is 0 Å². The maximum atomic E-state index is 5.62. The van der Waals surface area contributed by atoms with E-state index in [1.165, 1.54) is 44.5 Å². The van der Waals surface area contributed by atoms with E-state index in [0.717, 1.165) is 21.9 Å². The molecule has 0 amide bonds. The molecule has 0 saturated carbocycles. The van der Waals surface area contributed by atoms with Crippen LogP contribution in [0.4, 0.5) is 0 Å². The fourth-order valence-electron chi connectivity index (χ4n) is 6.65. The summed E-state index contributed by atoms with van der Waals surface area (Å²) in [4.78, 5) is 0. The molecule has 0 bridgehead atoms. The zero-order valence-corrected chi connectivity index (χ0v) is 20.7. The second-order valence-electron chi connectivity index (χ2n) is 9.94. The first-order valence-corrected chi connectivity index (χ1v) is 13.0. The fourth-order valence-corrected chi connectivity index (χ4v) is 6.65. The van der Waals surface area contributed by atoms with Crippen LogP contribution in [0.1, 0.15) is 22.3 Å². The van der Waals surface area contributed by atoms with Gasteiger partial charge in [0, 0.05) is 10.8 Å². The third-order valence-corrected chi connectivity index (χ3v) is 8.10. The molecule has 0 N–H and O–H groups in total. The van der Waals surface area contributed by atoms with Gasteiger partial charge in [-0.25, -0.2) is 0 Å². The molecule has 0 saturated heterocycles. The van der Waals surface area contributed by atoms with Gasteiger partial charge in [-0.15, -0.1) is 0 Å². The molecule has 1 heteroatoms. The summed E-state index contributed by atoms with van der Waals surface area (Å²) in [5, 5.41) is 2.20. The Kier molecular flexibility index (Phi) is 4.50. The van der Waals surface area contributed by atoms with Crippen molar-refractivity contribution < 1.29 is 4.42 Å². The number of hydrogen-bond acceptors (Lipinski definition) is 1. The first-order valence-electron chi connectivity index (χ1n) is 13.0.